The molecule has 0 heterocycles. The minimum atomic E-state index is -1.83. The summed E-state index contributed by atoms with van der Waals surface area (Å²) in [6.07, 6.45) is 1.84. The number of aliphatic hydroxyl groups is 4. The van der Waals surface area contributed by atoms with Gasteiger partial charge in [-0.05, 0) is 48.5 Å². The first-order chi connectivity index (χ1) is 11.8. The van der Waals surface area contributed by atoms with E-state index in [2.05, 4.69) is 0 Å². The van der Waals surface area contributed by atoms with Gasteiger partial charge in [0.25, 0.3) is 0 Å². The van der Waals surface area contributed by atoms with Crippen LogP contribution in [0.25, 0.3) is 0 Å². The van der Waals surface area contributed by atoms with Crippen LogP contribution in [0.1, 0.15) is 50.7 Å². The SMILES string of the molecule is CCCC(O)(O)c1ccc(Oc2ccc(C(O)(O)CCC)cc2)cc1. The molecule has 0 saturated heterocycles. The van der Waals surface area contributed by atoms with Gasteiger partial charge in [0, 0.05) is 24.0 Å². The molecule has 0 atom stereocenters. The van der Waals surface area contributed by atoms with Gasteiger partial charge >= 0.3 is 0 Å². The Bertz CT molecular complexity index is 600. The lowest BCUT2D eigenvalue weighted by Crippen LogP contribution is -2.24. The maximum absolute atomic E-state index is 9.98. The molecule has 2 rings (SSSR count). The first kappa shape index (κ1) is 19.4. The number of hydrogen-bond donors (Lipinski definition) is 4. The van der Waals surface area contributed by atoms with Crippen molar-refractivity contribution in [2.45, 2.75) is 51.1 Å². The third kappa shape index (κ3) is 5.03. The quantitative estimate of drug-likeness (QED) is 0.550. The van der Waals surface area contributed by atoms with Crippen molar-refractivity contribution in [2.75, 3.05) is 0 Å². The first-order valence-corrected chi connectivity index (χ1v) is 8.57. The lowest BCUT2D eigenvalue weighted by Gasteiger charge is -2.22. The minimum absolute atomic E-state index is 0.260. The maximum Gasteiger partial charge on any atom is 0.189 e. The van der Waals surface area contributed by atoms with E-state index in [1.54, 1.807) is 48.5 Å². The van der Waals surface area contributed by atoms with Crippen molar-refractivity contribution >= 4 is 0 Å². The van der Waals surface area contributed by atoms with Gasteiger partial charge in [-0.3, -0.25) is 0 Å². The molecule has 25 heavy (non-hydrogen) atoms. The van der Waals surface area contributed by atoms with Gasteiger partial charge in [0.1, 0.15) is 11.5 Å². The summed E-state index contributed by atoms with van der Waals surface area (Å²) < 4.78 is 5.71. The molecule has 0 bridgehead atoms. The Morgan fingerprint density at radius 1 is 0.640 bits per heavy atom. The molecule has 0 aliphatic rings. The van der Waals surface area contributed by atoms with E-state index >= 15 is 0 Å². The molecule has 0 spiro atoms. The molecule has 0 fully saturated rings. The Balaban J connectivity index is 2.07. The zero-order valence-corrected chi connectivity index (χ0v) is 14.6. The Hall–Kier alpha value is -1.92. The standard InChI is InChI=1S/C20H26O5/c1-3-13-19(21,22)15-5-9-17(10-6-15)25-18-11-7-16(8-12-18)20(23,24)14-4-2/h5-12,21-24H,3-4,13-14H2,1-2H3. The van der Waals surface area contributed by atoms with Gasteiger partial charge in [-0.25, -0.2) is 0 Å². The van der Waals surface area contributed by atoms with Crippen LogP contribution in [0.5, 0.6) is 11.5 Å². The van der Waals surface area contributed by atoms with E-state index < -0.39 is 11.6 Å². The van der Waals surface area contributed by atoms with Crippen molar-refractivity contribution in [1.82, 2.24) is 0 Å². The molecule has 0 radical (unpaired) electrons. The van der Waals surface area contributed by atoms with Crippen molar-refractivity contribution < 1.29 is 25.2 Å². The maximum atomic E-state index is 9.98. The predicted octanol–water partition coefficient (Wildman–Crippen LogP) is 3.35. The summed E-state index contributed by atoms with van der Waals surface area (Å²) >= 11 is 0. The Morgan fingerprint density at radius 3 is 1.24 bits per heavy atom. The summed E-state index contributed by atoms with van der Waals surface area (Å²) in [6, 6.07) is 13.1. The highest BCUT2D eigenvalue weighted by Crippen LogP contribution is 2.29. The van der Waals surface area contributed by atoms with Gasteiger partial charge in [-0.1, -0.05) is 26.7 Å². The average molecular weight is 346 g/mol. The Labute approximate surface area is 148 Å². The third-order valence-corrected chi connectivity index (χ3v) is 4.07. The minimum Gasteiger partial charge on any atom is -0.457 e. The van der Waals surface area contributed by atoms with Crippen LogP contribution in [0, 0.1) is 0 Å². The Morgan fingerprint density at radius 2 is 0.960 bits per heavy atom. The van der Waals surface area contributed by atoms with Crippen LogP contribution in [0.3, 0.4) is 0 Å². The summed E-state index contributed by atoms with van der Waals surface area (Å²) in [7, 11) is 0. The van der Waals surface area contributed by atoms with E-state index in [9.17, 15) is 20.4 Å². The number of benzene rings is 2. The van der Waals surface area contributed by atoms with Crippen LogP contribution in [0.4, 0.5) is 0 Å². The molecular weight excluding hydrogens is 320 g/mol. The molecule has 136 valence electrons. The largest absolute Gasteiger partial charge is 0.457 e. The van der Waals surface area contributed by atoms with E-state index in [0.29, 0.717) is 35.5 Å². The highest BCUT2D eigenvalue weighted by molar-refractivity contribution is 5.36. The molecule has 5 heteroatoms. The Kier molecular flexibility index (Phi) is 6.19. The smallest absolute Gasteiger partial charge is 0.189 e. The fourth-order valence-electron chi connectivity index (χ4n) is 2.70. The van der Waals surface area contributed by atoms with Gasteiger partial charge in [0.2, 0.25) is 0 Å². The second kappa shape index (κ2) is 7.97. The summed E-state index contributed by atoms with van der Waals surface area (Å²) in [5, 5.41) is 39.9. The monoisotopic (exact) mass is 346 g/mol. The summed E-state index contributed by atoms with van der Waals surface area (Å²) in [6.45, 7) is 3.77. The van der Waals surface area contributed by atoms with Crippen molar-refractivity contribution in [2.24, 2.45) is 0 Å². The fourth-order valence-corrected chi connectivity index (χ4v) is 2.70. The van der Waals surface area contributed by atoms with Crippen molar-refractivity contribution in [3.63, 3.8) is 0 Å². The van der Waals surface area contributed by atoms with Crippen LogP contribution in [-0.4, -0.2) is 20.4 Å². The molecule has 5 nitrogen and oxygen atoms in total. The van der Waals surface area contributed by atoms with Gasteiger partial charge in [-0.2, -0.15) is 0 Å². The predicted molar refractivity (Wildman–Crippen MR) is 95.0 cm³/mol. The molecular formula is C20H26O5. The number of ether oxygens (including phenoxy) is 1. The lowest BCUT2D eigenvalue weighted by atomic mass is 10.0. The third-order valence-electron chi connectivity index (χ3n) is 4.07. The normalized spacial score (nSPS) is 12.2. The van der Waals surface area contributed by atoms with Crippen LogP contribution in [0.2, 0.25) is 0 Å². The van der Waals surface area contributed by atoms with E-state index in [1.165, 1.54) is 0 Å². The molecule has 4 N–H and O–H groups in total. The van der Waals surface area contributed by atoms with Gasteiger partial charge < -0.3 is 25.2 Å². The van der Waals surface area contributed by atoms with Crippen molar-refractivity contribution in [3.8, 4) is 11.5 Å². The van der Waals surface area contributed by atoms with E-state index in [-0.39, 0.29) is 12.8 Å². The van der Waals surface area contributed by atoms with Crippen LogP contribution in [-0.2, 0) is 11.6 Å². The van der Waals surface area contributed by atoms with E-state index in [4.69, 9.17) is 4.74 Å². The number of hydrogen-bond acceptors (Lipinski definition) is 5. The highest BCUT2D eigenvalue weighted by atomic mass is 16.5. The molecule has 0 aliphatic carbocycles. The summed E-state index contributed by atoms with van der Waals surface area (Å²) in [4.78, 5) is 0. The molecule has 2 aromatic rings. The molecule has 2 aromatic carbocycles. The zero-order valence-electron chi connectivity index (χ0n) is 14.6. The fraction of sp³-hybridized carbons (Fsp3) is 0.400. The molecule has 0 saturated carbocycles. The molecule has 0 amide bonds. The topological polar surface area (TPSA) is 90.2 Å². The van der Waals surface area contributed by atoms with E-state index in [0.717, 1.165) is 0 Å². The second-order valence-electron chi connectivity index (χ2n) is 6.28. The summed E-state index contributed by atoms with van der Waals surface area (Å²) in [5.74, 6) is -2.56. The molecule has 0 unspecified atom stereocenters. The van der Waals surface area contributed by atoms with Crippen LogP contribution < -0.4 is 4.74 Å². The second-order valence-corrected chi connectivity index (χ2v) is 6.28. The first-order valence-electron chi connectivity index (χ1n) is 8.57. The van der Waals surface area contributed by atoms with Crippen LogP contribution >= 0.6 is 0 Å². The summed E-state index contributed by atoms with van der Waals surface area (Å²) in [5.41, 5.74) is 0.837. The number of rotatable bonds is 8. The average Bonchev–Trinajstić information content (AvgIpc) is 2.56. The molecule has 0 aliphatic heterocycles. The van der Waals surface area contributed by atoms with E-state index in [1.807, 2.05) is 13.8 Å². The van der Waals surface area contributed by atoms with Crippen molar-refractivity contribution in [3.05, 3.63) is 59.7 Å². The van der Waals surface area contributed by atoms with Gasteiger partial charge in [0.05, 0.1) is 0 Å². The molecule has 0 aromatic heterocycles. The van der Waals surface area contributed by atoms with Crippen molar-refractivity contribution in [1.29, 1.82) is 0 Å². The van der Waals surface area contributed by atoms with Gasteiger partial charge in [-0.15, -0.1) is 0 Å². The zero-order chi connectivity index (χ0) is 18.5. The highest BCUT2D eigenvalue weighted by Gasteiger charge is 2.25. The van der Waals surface area contributed by atoms with Crippen LogP contribution in [0.15, 0.2) is 48.5 Å². The lowest BCUT2D eigenvalue weighted by molar-refractivity contribution is -0.175. The van der Waals surface area contributed by atoms with Gasteiger partial charge in [0.15, 0.2) is 11.6 Å².